The summed E-state index contributed by atoms with van der Waals surface area (Å²) >= 11 is 0. The maximum atomic E-state index is 12.4. The molecule has 1 aromatic heterocycles. The average molecular weight is 420 g/mol. The highest BCUT2D eigenvalue weighted by Crippen LogP contribution is 2.18. The van der Waals surface area contributed by atoms with E-state index in [-0.39, 0.29) is 24.5 Å². The van der Waals surface area contributed by atoms with Gasteiger partial charge < -0.3 is 10.1 Å². The number of hydrogen-bond donors (Lipinski definition) is 1. The molecule has 0 unspecified atom stereocenters. The van der Waals surface area contributed by atoms with Crippen molar-refractivity contribution in [3.8, 4) is 11.4 Å². The molecule has 0 aliphatic carbocycles. The van der Waals surface area contributed by atoms with Gasteiger partial charge in [0.25, 0.3) is 0 Å². The van der Waals surface area contributed by atoms with Gasteiger partial charge in [-0.2, -0.15) is 5.10 Å². The predicted molar refractivity (Wildman–Crippen MR) is 121 cm³/mol. The van der Waals surface area contributed by atoms with Crippen LogP contribution in [-0.2, 0) is 11.3 Å². The van der Waals surface area contributed by atoms with Crippen molar-refractivity contribution < 1.29 is 14.3 Å². The molecule has 0 fully saturated rings. The summed E-state index contributed by atoms with van der Waals surface area (Å²) < 4.78 is 7.41. The number of aromatic nitrogens is 2. The SMILES string of the molecule is CCCOc1ccc(C(=O)CCC(=O)NCc2c(C)nn(-c3ccccc3)c2C)cc1. The van der Waals surface area contributed by atoms with Crippen LogP contribution in [0.15, 0.2) is 54.6 Å². The molecule has 162 valence electrons. The molecule has 0 atom stereocenters. The highest BCUT2D eigenvalue weighted by Gasteiger charge is 2.14. The zero-order valence-corrected chi connectivity index (χ0v) is 18.4. The van der Waals surface area contributed by atoms with E-state index in [9.17, 15) is 9.59 Å². The highest BCUT2D eigenvalue weighted by molar-refractivity contribution is 5.98. The lowest BCUT2D eigenvalue weighted by atomic mass is 10.1. The van der Waals surface area contributed by atoms with E-state index in [1.54, 1.807) is 24.3 Å². The number of amides is 1. The average Bonchev–Trinajstić information content (AvgIpc) is 3.08. The van der Waals surface area contributed by atoms with Gasteiger partial charge in [0.2, 0.25) is 5.91 Å². The Morgan fingerprint density at radius 2 is 1.71 bits per heavy atom. The third kappa shape index (κ3) is 5.81. The summed E-state index contributed by atoms with van der Waals surface area (Å²) in [4.78, 5) is 24.7. The molecule has 0 aliphatic rings. The van der Waals surface area contributed by atoms with Gasteiger partial charge in [0.05, 0.1) is 18.0 Å². The summed E-state index contributed by atoms with van der Waals surface area (Å²) in [6.45, 7) is 7.01. The van der Waals surface area contributed by atoms with E-state index in [2.05, 4.69) is 10.4 Å². The van der Waals surface area contributed by atoms with Crippen LogP contribution >= 0.6 is 0 Å². The lowest BCUT2D eigenvalue weighted by Gasteiger charge is -2.08. The van der Waals surface area contributed by atoms with E-state index in [1.165, 1.54) is 0 Å². The quantitative estimate of drug-likeness (QED) is 0.489. The molecule has 0 bridgehead atoms. The summed E-state index contributed by atoms with van der Waals surface area (Å²) in [6, 6.07) is 17.0. The molecular formula is C25H29N3O3. The number of Topliss-reactive ketones (excluding diaryl/α,β-unsaturated/α-hetero) is 1. The normalized spacial score (nSPS) is 10.7. The van der Waals surface area contributed by atoms with Crippen LogP contribution in [0.3, 0.4) is 0 Å². The van der Waals surface area contributed by atoms with Crippen LogP contribution in [0.1, 0.15) is 53.5 Å². The smallest absolute Gasteiger partial charge is 0.220 e. The van der Waals surface area contributed by atoms with E-state index in [0.717, 1.165) is 34.8 Å². The van der Waals surface area contributed by atoms with Gasteiger partial charge in [-0.15, -0.1) is 0 Å². The van der Waals surface area contributed by atoms with Gasteiger partial charge in [0.1, 0.15) is 5.75 Å². The highest BCUT2D eigenvalue weighted by atomic mass is 16.5. The minimum atomic E-state index is -0.150. The Morgan fingerprint density at radius 1 is 1.00 bits per heavy atom. The van der Waals surface area contributed by atoms with E-state index in [0.29, 0.717) is 18.7 Å². The van der Waals surface area contributed by atoms with Crippen molar-refractivity contribution in [2.75, 3.05) is 6.61 Å². The zero-order valence-electron chi connectivity index (χ0n) is 18.4. The molecule has 6 nitrogen and oxygen atoms in total. The van der Waals surface area contributed by atoms with Gasteiger partial charge in [-0.1, -0.05) is 25.1 Å². The number of nitrogens with zero attached hydrogens (tertiary/aromatic N) is 2. The number of carbonyl (C=O) groups is 2. The minimum Gasteiger partial charge on any atom is -0.494 e. The van der Waals surface area contributed by atoms with Crippen LogP contribution in [0.4, 0.5) is 0 Å². The van der Waals surface area contributed by atoms with Crippen LogP contribution in [0.25, 0.3) is 5.69 Å². The fourth-order valence-corrected chi connectivity index (χ4v) is 3.36. The first-order valence-corrected chi connectivity index (χ1v) is 10.6. The molecule has 0 spiro atoms. The van der Waals surface area contributed by atoms with Crippen molar-refractivity contribution in [3.05, 3.63) is 77.1 Å². The zero-order chi connectivity index (χ0) is 22.2. The maximum Gasteiger partial charge on any atom is 0.220 e. The number of nitrogens with one attached hydrogen (secondary N) is 1. The van der Waals surface area contributed by atoms with Gasteiger partial charge in [0.15, 0.2) is 5.78 Å². The summed E-state index contributed by atoms with van der Waals surface area (Å²) in [5.74, 6) is 0.543. The maximum absolute atomic E-state index is 12.4. The Hall–Kier alpha value is -3.41. The molecule has 31 heavy (non-hydrogen) atoms. The monoisotopic (exact) mass is 419 g/mol. The fourth-order valence-electron chi connectivity index (χ4n) is 3.36. The molecule has 1 amide bonds. The topological polar surface area (TPSA) is 73.2 Å². The van der Waals surface area contributed by atoms with Crippen LogP contribution in [0.5, 0.6) is 5.75 Å². The lowest BCUT2D eigenvalue weighted by molar-refractivity contribution is -0.121. The number of rotatable bonds is 10. The summed E-state index contributed by atoms with van der Waals surface area (Å²) in [7, 11) is 0. The van der Waals surface area contributed by atoms with Gasteiger partial charge in [-0.05, 0) is 56.7 Å². The fraction of sp³-hybridized carbons (Fsp3) is 0.320. The van der Waals surface area contributed by atoms with Gasteiger partial charge in [0, 0.05) is 36.2 Å². The Bertz CT molecular complexity index is 1020. The standard InChI is InChI=1S/C25H29N3O3/c1-4-16-31-22-12-10-20(11-13-22)24(29)14-15-25(30)26-17-23-18(2)27-28(19(23)3)21-8-6-5-7-9-21/h5-13H,4,14-17H2,1-3H3,(H,26,30). The molecular weight excluding hydrogens is 390 g/mol. The number of carbonyl (C=O) groups excluding carboxylic acids is 2. The van der Waals surface area contributed by atoms with Crippen molar-refractivity contribution in [1.29, 1.82) is 0 Å². The molecule has 1 N–H and O–H groups in total. The number of ether oxygens (including phenoxy) is 1. The van der Waals surface area contributed by atoms with Crippen molar-refractivity contribution in [2.45, 2.75) is 46.6 Å². The van der Waals surface area contributed by atoms with Gasteiger partial charge in [-0.25, -0.2) is 4.68 Å². The molecule has 3 rings (SSSR count). The van der Waals surface area contributed by atoms with E-state index in [1.807, 2.05) is 55.8 Å². The molecule has 0 aliphatic heterocycles. The number of para-hydroxylation sites is 1. The third-order valence-corrected chi connectivity index (χ3v) is 5.13. The van der Waals surface area contributed by atoms with Crippen molar-refractivity contribution >= 4 is 11.7 Å². The van der Waals surface area contributed by atoms with Crippen LogP contribution in [0.2, 0.25) is 0 Å². The molecule has 1 heterocycles. The number of hydrogen-bond acceptors (Lipinski definition) is 4. The summed E-state index contributed by atoms with van der Waals surface area (Å²) in [5.41, 5.74) is 4.43. The summed E-state index contributed by atoms with van der Waals surface area (Å²) in [6.07, 6.45) is 1.25. The predicted octanol–water partition coefficient (Wildman–Crippen LogP) is 4.56. The van der Waals surface area contributed by atoms with E-state index >= 15 is 0 Å². The van der Waals surface area contributed by atoms with E-state index < -0.39 is 0 Å². The first kappa shape index (κ1) is 22.3. The van der Waals surface area contributed by atoms with Crippen molar-refractivity contribution in [1.82, 2.24) is 15.1 Å². The van der Waals surface area contributed by atoms with Gasteiger partial charge in [-0.3, -0.25) is 9.59 Å². The Kier molecular flexibility index (Phi) is 7.60. The largest absolute Gasteiger partial charge is 0.494 e. The van der Waals surface area contributed by atoms with Crippen LogP contribution in [0, 0.1) is 13.8 Å². The third-order valence-electron chi connectivity index (χ3n) is 5.13. The number of benzene rings is 2. The second-order valence-electron chi connectivity index (χ2n) is 7.47. The Morgan fingerprint density at radius 3 is 2.39 bits per heavy atom. The Labute approximate surface area is 183 Å². The summed E-state index contributed by atoms with van der Waals surface area (Å²) in [5, 5.41) is 7.52. The minimum absolute atomic E-state index is 0.0542. The Balaban J connectivity index is 1.51. The van der Waals surface area contributed by atoms with Crippen molar-refractivity contribution in [3.63, 3.8) is 0 Å². The van der Waals surface area contributed by atoms with E-state index in [4.69, 9.17) is 4.74 Å². The number of ketones is 1. The first-order valence-electron chi connectivity index (χ1n) is 10.6. The lowest BCUT2D eigenvalue weighted by Crippen LogP contribution is -2.24. The van der Waals surface area contributed by atoms with Crippen molar-refractivity contribution in [2.24, 2.45) is 0 Å². The second kappa shape index (κ2) is 10.6. The second-order valence-corrected chi connectivity index (χ2v) is 7.47. The molecule has 0 saturated carbocycles. The molecule has 3 aromatic rings. The first-order chi connectivity index (χ1) is 15.0. The molecule has 0 radical (unpaired) electrons. The number of aryl methyl sites for hydroxylation is 1. The van der Waals surface area contributed by atoms with Crippen LogP contribution in [-0.4, -0.2) is 28.1 Å². The molecule has 6 heteroatoms. The van der Waals surface area contributed by atoms with Gasteiger partial charge >= 0.3 is 0 Å². The van der Waals surface area contributed by atoms with Crippen LogP contribution < -0.4 is 10.1 Å². The molecule has 2 aromatic carbocycles. The molecule has 0 saturated heterocycles.